The molecule has 2 saturated heterocycles. The summed E-state index contributed by atoms with van der Waals surface area (Å²) in [4.78, 5) is 27.8. The van der Waals surface area contributed by atoms with Gasteiger partial charge in [-0.3, -0.25) is 14.5 Å². The molecule has 1 aromatic rings. The number of fused-ring (bicyclic) bond motifs is 1. The average Bonchev–Trinajstić information content (AvgIpc) is 3.11. The number of carbonyl (C=O) groups is 2. The van der Waals surface area contributed by atoms with Gasteiger partial charge in [0, 0.05) is 45.1 Å². The zero-order valence-corrected chi connectivity index (χ0v) is 13.6. The normalized spacial score (nSPS) is 25.3. The van der Waals surface area contributed by atoms with Crippen LogP contribution in [0.5, 0.6) is 0 Å². The molecular formula is C18H25N3O2. The van der Waals surface area contributed by atoms with Gasteiger partial charge in [0.15, 0.2) is 0 Å². The molecule has 2 fully saturated rings. The van der Waals surface area contributed by atoms with Crippen molar-refractivity contribution in [1.82, 2.24) is 9.80 Å². The maximum Gasteiger partial charge on any atom is 0.222 e. The van der Waals surface area contributed by atoms with Crippen molar-refractivity contribution in [2.24, 2.45) is 17.6 Å². The second kappa shape index (κ2) is 6.71. The molecule has 2 N–H and O–H groups in total. The van der Waals surface area contributed by atoms with Crippen LogP contribution >= 0.6 is 0 Å². The van der Waals surface area contributed by atoms with E-state index < -0.39 is 0 Å². The molecule has 124 valence electrons. The van der Waals surface area contributed by atoms with Crippen LogP contribution in [-0.4, -0.2) is 47.8 Å². The number of benzene rings is 1. The number of rotatable bonds is 5. The minimum absolute atomic E-state index is 0.0506. The van der Waals surface area contributed by atoms with Crippen LogP contribution in [0.2, 0.25) is 0 Å². The third-order valence-electron chi connectivity index (χ3n) is 5.19. The number of hydrogen-bond acceptors (Lipinski definition) is 3. The van der Waals surface area contributed by atoms with Gasteiger partial charge in [0.05, 0.1) is 0 Å². The lowest BCUT2D eigenvalue weighted by molar-refractivity contribution is -0.130. The van der Waals surface area contributed by atoms with E-state index in [1.54, 1.807) is 0 Å². The van der Waals surface area contributed by atoms with Crippen LogP contribution in [0.3, 0.4) is 0 Å². The summed E-state index contributed by atoms with van der Waals surface area (Å²) in [5.74, 6) is 1.02. The van der Waals surface area contributed by atoms with Crippen LogP contribution in [0.25, 0.3) is 0 Å². The van der Waals surface area contributed by atoms with Crippen LogP contribution in [0, 0.1) is 11.8 Å². The fourth-order valence-electron chi connectivity index (χ4n) is 4.03. The lowest BCUT2D eigenvalue weighted by Crippen LogP contribution is -2.35. The molecule has 2 aliphatic heterocycles. The summed E-state index contributed by atoms with van der Waals surface area (Å²) >= 11 is 0. The van der Waals surface area contributed by atoms with Crippen molar-refractivity contribution < 1.29 is 9.59 Å². The van der Waals surface area contributed by atoms with E-state index >= 15 is 0 Å². The summed E-state index contributed by atoms with van der Waals surface area (Å²) in [7, 11) is 0. The largest absolute Gasteiger partial charge is 0.370 e. The Morgan fingerprint density at radius 2 is 1.74 bits per heavy atom. The van der Waals surface area contributed by atoms with Crippen LogP contribution in [0.1, 0.15) is 31.4 Å². The quantitative estimate of drug-likeness (QED) is 0.893. The number of likely N-dealkylation sites (tertiary alicyclic amines) is 2. The highest BCUT2D eigenvalue weighted by Crippen LogP contribution is 2.37. The van der Waals surface area contributed by atoms with E-state index in [-0.39, 0.29) is 17.9 Å². The Morgan fingerprint density at radius 1 is 1.13 bits per heavy atom. The molecule has 3 rings (SSSR count). The van der Waals surface area contributed by atoms with Crippen molar-refractivity contribution in [2.75, 3.05) is 26.2 Å². The lowest BCUT2D eigenvalue weighted by atomic mass is 10.0. The number of nitrogens with two attached hydrogens (primary N) is 1. The van der Waals surface area contributed by atoms with Crippen LogP contribution in [0.15, 0.2) is 30.3 Å². The predicted molar refractivity (Wildman–Crippen MR) is 88.4 cm³/mol. The zero-order chi connectivity index (χ0) is 16.4. The molecule has 0 saturated carbocycles. The molecule has 0 radical (unpaired) electrons. The van der Waals surface area contributed by atoms with Crippen molar-refractivity contribution in [1.29, 1.82) is 0 Å². The average molecular weight is 315 g/mol. The Kier molecular flexibility index (Phi) is 4.66. The molecule has 0 bridgehead atoms. The molecule has 2 aliphatic rings. The molecule has 1 aromatic carbocycles. The first-order chi connectivity index (χ1) is 11.1. The van der Waals surface area contributed by atoms with Gasteiger partial charge in [0.25, 0.3) is 0 Å². The molecule has 0 aliphatic carbocycles. The summed E-state index contributed by atoms with van der Waals surface area (Å²) in [5, 5.41) is 0. The number of hydrogen-bond donors (Lipinski definition) is 1. The smallest absolute Gasteiger partial charge is 0.222 e. The fraction of sp³-hybridized carbons (Fsp3) is 0.556. The molecule has 2 heterocycles. The Labute approximate surface area is 137 Å². The molecule has 2 amide bonds. The van der Waals surface area contributed by atoms with Gasteiger partial charge in [-0.2, -0.15) is 0 Å². The number of primary amides is 1. The Bertz CT molecular complexity index is 561. The highest BCUT2D eigenvalue weighted by molar-refractivity contribution is 5.76. The summed E-state index contributed by atoms with van der Waals surface area (Å²) in [6, 6.07) is 10.2. The summed E-state index contributed by atoms with van der Waals surface area (Å²) in [5.41, 5.74) is 6.62. The summed E-state index contributed by atoms with van der Waals surface area (Å²) < 4.78 is 0. The minimum atomic E-state index is -0.265. The van der Waals surface area contributed by atoms with Crippen molar-refractivity contribution in [3.8, 4) is 0 Å². The second-order valence-corrected chi connectivity index (χ2v) is 6.72. The van der Waals surface area contributed by atoms with Gasteiger partial charge >= 0.3 is 0 Å². The van der Waals surface area contributed by atoms with Gasteiger partial charge in [0.1, 0.15) is 0 Å². The van der Waals surface area contributed by atoms with E-state index in [4.69, 9.17) is 5.73 Å². The van der Waals surface area contributed by atoms with E-state index in [0.717, 1.165) is 31.7 Å². The second-order valence-electron chi connectivity index (χ2n) is 6.72. The van der Waals surface area contributed by atoms with Gasteiger partial charge in [-0.1, -0.05) is 37.3 Å². The molecule has 5 nitrogen and oxygen atoms in total. The molecule has 2 unspecified atom stereocenters. The molecule has 23 heavy (non-hydrogen) atoms. The maximum atomic E-state index is 11.9. The molecule has 3 atom stereocenters. The highest BCUT2D eigenvalue weighted by Gasteiger charge is 2.43. The topological polar surface area (TPSA) is 66.6 Å². The third-order valence-corrected chi connectivity index (χ3v) is 5.19. The highest BCUT2D eigenvalue weighted by atomic mass is 16.2. The van der Waals surface area contributed by atoms with Gasteiger partial charge < -0.3 is 10.6 Å². The van der Waals surface area contributed by atoms with Gasteiger partial charge in [-0.15, -0.1) is 0 Å². The molecule has 5 heteroatoms. The van der Waals surface area contributed by atoms with Crippen molar-refractivity contribution in [2.45, 2.75) is 25.8 Å². The summed E-state index contributed by atoms with van der Waals surface area (Å²) in [6.45, 7) is 5.49. The van der Waals surface area contributed by atoms with E-state index in [1.807, 2.05) is 30.0 Å². The van der Waals surface area contributed by atoms with Crippen LogP contribution in [0.4, 0.5) is 0 Å². The number of nitrogens with zero attached hydrogens (tertiary/aromatic N) is 2. The van der Waals surface area contributed by atoms with E-state index in [9.17, 15) is 9.59 Å². The van der Waals surface area contributed by atoms with Crippen molar-refractivity contribution in [3.05, 3.63) is 35.9 Å². The third kappa shape index (κ3) is 3.39. The van der Waals surface area contributed by atoms with Gasteiger partial charge in [0.2, 0.25) is 11.8 Å². The lowest BCUT2D eigenvalue weighted by Gasteiger charge is -2.29. The van der Waals surface area contributed by atoms with Crippen molar-refractivity contribution in [3.63, 3.8) is 0 Å². The van der Waals surface area contributed by atoms with E-state index in [0.29, 0.717) is 24.7 Å². The standard InChI is InChI=1S/C18H25N3O2/c1-2-18(23)21-11-14-9-20(10-15(14)12-21)16(8-17(19)22)13-6-4-3-5-7-13/h3-7,14-16H,2,8-12H2,1H3,(H2,19,22)/t14?,15?,16-/m0/s1. The first-order valence-electron chi connectivity index (χ1n) is 8.43. The SMILES string of the molecule is CCC(=O)N1CC2CN([C@@H](CC(N)=O)c3ccccc3)CC2C1. The predicted octanol–water partition coefficient (Wildman–Crippen LogP) is 1.40. The minimum Gasteiger partial charge on any atom is -0.370 e. The first kappa shape index (κ1) is 16.0. The Hall–Kier alpha value is -1.88. The van der Waals surface area contributed by atoms with E-state index in [1.165, 1.54) is 0 Å². The van der Waals surface area contributed by atoms with E-state index in [2.05, 4.69) is 17.0 Å². The Morgan fingerprint density at radius 3 is 2.26 bits per heavy atom. The van der Waals surface area contributed by atoms with Crippen LogP contribution in [-0.2, 0) is 9.59 Å². The monoisotopic (exact) mass is 315 g/mol. The zero-order valence-electron chi connectivity index (χ0n) is 13.6. The summed E-state index contributed by atoms with van der Waals surface area (Å²) in [6.07, 6.45) is 0.929. The number of amides is 2. The molecular weight excluding hydrogens is 290 g/mol. The molecule has 0 aromatic heterocycles. The van der Waals surface area contributed by atoms with Gasteiger partial charge in [-0.05, 0) is 17.4 Å². The van der Waals surface area contributed by atoms with Crippen LogP contribution < -0.4 is 5.73 Å². The maximum absolute atomic E-state index is 11.9. The first-order valence-corrected chi connectivity index (χ1v) is 8.43. The number of carbonyl (C=O) groups excluding carboxylic acids is 2. The van der Waals surface area contributed by atoms with Crippen molar-refractivity contribution >= 4 is 11.8 Å². The molecule has 0 spiro atoms. The van der Waals surface area contributed by atoms with Gasteiger partial charge in [-0.25, -0.2) is 0 Å². The Balaban J connectivity index is 1.70. The fourth-order valence-corrected chi connectivity index (χ4v) is 4.03.